The van der Waals surface area contributed by atoms with Gasteiger partial charge in [-0.15, -0.1) is 0 Å². The molecule has 0 aliphatic rings. The van der Waals surface area contributed by atoms with Crippen LogP contribution in [0.1, 0.15) is 23.0 Å². The smallest absolute Gasteiger partial charge is 0.291 e. The van der Waals surface area contributed by atoms with Crippen LogP contribution in [0.25, 0.3) is 0 Å². The van der Waals surface area contributed by atoms with Crippen molar-refractivity contribution in [1.82, 2.24) is 5.32 Å². The quantitative estimate of drug-likeness (QED) is 0.671. The molecule has 0 bridgehead atoms. The maximum Gasteiger partial charge on any atom is 0.291 e. The van der Waals surface area contributed by atoms with Gasteiger partial charge < -0.3 is 19.8 Å². The highest BCUT2D eigenvalue weighted by molar-refractivity contribution is 6.02. The number of para-hydroxylation sites is 1. The van der Waals surface area contributed by atoms with Crippen LogP contribution in [-0.2, 0) is 11.3 Å². The number of carbonyl (C=O) groups excluding carboxylic acids is 2. The van der Waals surface area contributed by atoms with Crippen molar-refractivity contribution < 1.29 is 18.7 Å². The second kappa shape index (κ2) is 8.71. The number of benzene rings is 2. The summed E-state index contributed by atoms with van der Waals surface area (Å²) in [6.07, 6.45) is 0.850. The highest BCUT2D eigenvalue weighted by Gasteiger charge is 2.14. The van der Waals surface area contributed by atoms with Crippen LogP contribution in [0.5, 0.6) is 5.75 Å². The molecular weight excluding hydrogens is 344 g/mol. The third-order valence-corrected chi connectivity index (χ3v) is 3.85. The van der Waals surface area contributed by atoms with Crippen molar-refractivity contribution in [1.29, 1.82) is 0 Å². The van der Waals surface area contributed by atoms with Gasteiger partial charge in [-0.2, -0.15) is 0 Å². The van der Waals surface area contributed by atoms with Crippen molar-refractivity contribution in [3.63, 3.8) is 0 Å². The van der Waals surface area contributed by atoms with E-state index in [4.69, 9.17) is 9.15 Å². The second-order valence-electron chi connectivity index (χ2n) is 5.92. The largest absolute Gasteiger partial charge is 0.481 e. The van der Waals surface area contributed by atoms with Crippen molar-refractivity contribution in [2.24, 2.45) is 0 Å². The lowest BCUT2D eigenvalue weighted by Crippen LogP contribution is -2.35. The Morgan fingerprint density at radius 1 is 1.00 bits per heavy atom. The summed E-state index contributed by atoms with van der Waals surface area (Å²) in [6.45, 7) is 2.07. The first-order valence-electron chi connectivity index (χ1n) is 8.55. The molecule has 2 N–H and O–H groups in total. The highest BCUT2D eigenvalue weighted by Crippen LogP contribution is 2.13. The number of anilines is 1. The number of ether oxygens (including phenoxy) is 1. The number of nitrogens with one attached hydrogen (secondary N) is 2. The Balaban J connectivity index is 1.48. The maximum atomic E-state index is 12.2. The van der Waals surface area contributed by atoms with Gasteiger partial charge in [0, 0.05) is 12.2 Å². The Labute approximate surface area is 157 Å². The summed E-state index contributed by atoms with van der Waals surface area (Å²) in [6, 6.07) is 19.7. The Morgan fingerprint density at radius 3 is 2.41 bits per heavy atom. The van der Waals surface area contributed by atoms with E-state index in [2.05, 4.69) is 10.6 Å². The van der Waals surface area contributed by atoms with Gasteiger partial charge in [-0.3, -0.25) is 9.59 Å². The van der Waals surface area contributed by atoms with Crippen LogP contribution in [0.4, 0.5) is 5.69 Å². The summed E-state index contributed by atoms with van der Waals surface area (Å²) in [7, 11) is 0. The van der Waals surface area contributed by atoms with E-state index in [1.165, 1.54) is 6.26 Å². The van der Waals surface area contributed by atoms with E-state index >= 15 is 0 Å². The minimum Gasteiger partial charge on any atom is -0.481 e. The number of furan rings is 1. The predicted octanol–water partition coefficient (Wildman–Crippen LogP) is 3.62. The average molecular weight is 364 g/mol. The SMILES string of the molecule is CC(Oc1ccccc1)C(=O)NCc1ccc(NC(=O)c2ccco2)cc1. The van der Waals surface area contributed by atoms with Crippen molar-refractivity contribution in [3.05, 3.63) is 84.3 Å². The lowest BCUT2D eigenvalue weighted by atomic mass is 10.2. The van der Waals surface area contributed by atoms with Crippen LogP contribution in [0, 0.1) is 0 Å². The molecule has 2 amide bonds. The molecule has 0 aliphatic carbocycles. The van der Waals surface area contributed by atoms with E-state index < -0.39 is 6.10 Å². The predicted molar refractivity (Wildman–Crippen MR) is 101 cm³/mol. The van der Waals surface area contributed by atoms with Gasteiger partial charge in [0.2, 0.25) is 0 Å². The minimum absolute atomic E-state index is 0.200. The Morgan fingerprint density at radius 2 is 1.74 bits per heavy atom. The zero-order chi connectivity index (χ0) is 19.1. The van der Waals surface area contributed by atoms with Gasteiger partial charge in [-0.1, -0.05) is 30.3 Å². The summed E-state index contributed by atoms with van der Waals surface area (Å²) in [5.41, 5.74) is 1.55. The lowest BCUT2D eigenvalue weighted by molar-refractivity contribution is -0.127. The van der Waals surface area contributed by atoms with Gasteiger partial charge in [-0.05, 0) is 48.9 Å². The lowest BCUT2D eigenvalue weighted by Gasteiger charge is -2.14. The molecule has 0 aliphatic heterocycles. The van der Waals surface area contributed by atoms with Gasteiger partial charge in [0.15, 0.2) is 11.9 Å². The molecule has 0 spiro atoms. The number of rotatable bonds is 7. The van der Waals surface area contributed by atoms with Crippen LogP contribution in [0.15, 0.2) is 77.4 Å². The molecule has 27 heavy (non-hydrogen) atoms. The number of carbonyl (C=O) groups is 2. The third kappa shape index (κ3) is 5.22. The minimum atomic E-state index is -0.598. The Hall–Kier alpha value is -3.54. The zero-order valence-corrected chi connectivity index (χ0v) is 14.8. The molecule has 1 aromatic heterocycles. The maximum absolute atomic E-state index is 12.2. The first-order valence-corrected chi connectivity index (χ1v) is 8.55. The fourth-order valence-corrected chi connectivity index (χ4v) is 2.40. The van der Waals surface area contributed by atoms with Crippen LogP contribution < -0.4 is 15.4 Å². The van der Waals surface area contributed by atoms with Crippen molar-refractivity contribution in [3.8, 4) is 5.75 Å². The van der Waals surface area contributed by atoms with Gasteiger partial charge in [0.25, 0.3) is 11.8 Å². The molecule has 3 rings (SSSR count). The zero-order valence-electron chi connectivity index (χ0n) is 14.8. The summed E-state index contributed by atoms with van der Waals surface area (Å²) >= 11 is 0. The van der Waals surface area contributed by atoms with Crippen LogP contribution in [0.2, 0.25) is 0 Å². The fourth-order valence-electron chi connectivity index (χ4n) is 2.40. The summed E-state index contributed by atoms with van der Waals surface area (Å²) in [5, 5.41) is 5.58. The molecule has 2 aromatic carbocycles. The van der Waals surface area contributed by atoms with E-state index in [1.807, 2.05) is 30.3 Å². The molecular formula is C21H20N2O4. The molecule has 0 radical (unpaired) electrons. The second-order valence-corrected chi connectivity index (χ2v) is 5.92. The summed E-state index contributed by atoms with van der Waals surface area (Å²) < 4.78 is 10.6. The molecule has 0 saturated carbocycles. The topological polar surface area (TPSA) is 80.6 Å². The van der Waals surface area contributed by atoms with E-state index in [-0.39, 0.29) is 17.6 Å². The molecule has 1 heterocycles. The average Bonchev–Trinajstić information content (AvgIpc) is 3.23. The van der Waals surface area contributed by atoms with E-state index in [0.717, 1.165) is 5.56 Å². The standard InChI is InChI=1S/C21H20N2O4/c1-15(27-18-6-3-2-4-7-18)20(24)22-14-16-9-11-17(12-10-16)23-21(25)19-8-5-13-26-19/h2-13,15H,14H2,1H3,(H,22,24)(H,23,25). The van der Waals surface area contributed by atoms with Gasteiger partial charge in [-0.25, -0.2) is 0 Å². The van der Waals surface area contributed by atoms with E-state index in [0.29, 0.717) is 18.0 Å². The number of amides is 2. The molecule has 0 fully saturated rings. The van der Waals surface area contributed by atoms with Gasteiger partial charge in [0.1, 0.15) is 5.75 Å². The van der Waals surface area contributed by atoms with Crippen LogP contribution in [0.3, 0.4) is 0 Å². The number of hydrogen-bond acceptors (Lipinski definition) is 4. The third-order valence-electron chi connectivity index (χ3n) is 3.85. The highest BCUT2D eigenvalue weighted by atomic mass is 16.5. The molecule has 6 nitrogen and oxygen atoms in total. The molecule has 6 heteroatoms. The molecule has 138 valence electrons. The molecule has 3 aromatic rings. The van der Waals surface area contributed by atoms with Gasteiger partial charge in [0.05, 0.1) is 6.26 Å². The van der Waals surface area contributed by atoms with Gasteiger partial charge >= 0.3 is 0 Å². The van der Waals surface area contributed by atoms with E-state index in [9.17, 15) is 9.59 Å². The van der Waals surface area contributed by atoms with E-state index in [1.54, 1.807) is 43.3 Å². The monoisotopic (exact) mass is 364 g/mol. The Kier molecular flexibility index (Phi) is 5.89. The summed E-state index contributed by atoms with van der Waals surface area (Å²) in [4.78, 5) is 24.1. The summed E-state index contributed by atoms with van der Waals surface area (Å²) in [5.74, 6) is 0.387. The van der Waals surface area contributed by atoms with Crippen LogP contribution in [-0.4, -0.2) is 17.9 Å². The van der Waals surface area contributed by atoms with Crippen LogP contribution >= 0.6 is 0 Å². The fraction of sp³-hybridized carbons (Fsp3) is 0.143. The molecule has 0 saturated heterocycles. The Bertz CT molecular complexity index is 874. The first-order chi connectivity index (χ1) is 13.1. The number of hydrogen-bond donors (Lipinski definition) is 2. The molecule has 1 atom stereocenters. The van der Waals surface area contributed by atoms with Crippen molar-refractivity contribution in [2.75, 3.05) is 5.32 Å². The van der Waals surface area contributed by atoms with Crippen molar-refractivity contribution >= 4 is 17.5 Å². The molecule has 1 unspecified atom stereocenters. The first kappa shape index (κ1) is 18.3. The van der Waals surface area contributed by atoms with Crippen molar-refractivity contribution in [2.45, 2.75) is 19.6 Å². The normalized spacial score (nSPS) is 11.4.